The minimum absolute atomic E-state index is 0.167. The van der Waals surface area contributed by atoms with Crippen LogP contribution in [0.2, 0.25) is 0 Å². The molecule has 1 aliphatic carbocycles. The zero-order valence-electron chi connectivity index (χ0n) is 14.1. The minimum atomic E-state index is -4.35. The number of nitrogens with one attached hydrogen (secondary N) is 2. The number of H-pyrrole nitrogens is 1. The summed E-state index contributed by atoms with van der Waals surface area (Å²) in [4.78, 5) is 20.4. The molecular weight excluding hydrogens is 361 g/mol. The van der Waals surface area contributed by atoms with E-state index in [9.17, 15) is 18.0 Å². The first kappa shape index (κ1) is 17.3. The third kappa shape index (κ3) is 3.18. The van der Waals surface area contributed by atoms with Crippen molar-refractivity contribution >= 4 is 28.3 Å². The van der Waals surface area contributed by atoms with Gasteiger partial charge in [-0.1, -0.05) is 0 Å². The Hall–Kier alpha value is -3.17. The summed E-state index contributed by atoms with van der Waals surface area (Å²) in [5, 5.41) is 10.5. The molecule has 1 aliphatic rings. The SMILES string of the molecule is Cc1[nH]ncc1-c1cc2cc(NC(=O)[C@@H]3C[C@H]3C(F)(F)F)ncc2c(N)n1. The summed E-state index contributed by atoms with van der Waals surface area (Å²) in [7, 11) is 0. The summed E-state index contributed by atoms with van der Waals surface area (Å²) in [6.07, 6.45) is -1.48. The number of anilines is 2. The molecule has 1 fully saturated rings. The van der Waals surface area contributed by atoms with Crippen LogP contribution in [-0.2, 0) is 4.79 Å². The number of nitrogens with two attached hydrogens (primary N) is 1. The fourth-order valence-corrected chi connectivity index (χ4v) is 3.05. The quantitative estimate of drug-likeness (QED) is 0.651. The van der Waals surface area contributed by atoms with Gasteiger partial charge in [0.05, 0.1) is 23.7 Å². The van der Waals surface area contributed by atoms with E-state index in [1.165, 1.54) is 6.20 Å². The molecule has 3 aromatic heterocycles. The lowest BCUT2D eigenvalue weighted by atomic mass is 10.1. The molecule has 0 radical (unpaired) electrons. The summed E-state index contributed by atoms with van der Waals surface area (Å²) in [5.74, 6) is -2.90. The number of carbonyl (C=O) groups is 1. The molecule has 4 N–H and O–H groups in total. The molecule has 4 rings (SSSR count). The molecule has 0 saturated heterocycles. The Morgan fingerprint density at radius 3 is 2.74 bits per heavy atom. The number of amides is 1. The van der Waals surface area contributed by atoms with Gasteiger partial charge in [0.25, 0.3) is 0 Å². The Balaban J connectivity index is 1.62. The van der Waals surface area contributed by atoms with E-state index in [4.69, 9.17) is 5.73 Å². The predicted molar refractivity (Wildman–Crippen MR) is 92.6 cm³/mol. The van der Waals surface area contributed by atoms with Gasteiger partial charge in [0.2, 0.25) is 5.91 Å². The van der Waals surface area contributed by atoms with Crippen molar-refractivity contribution in [2.75, 3.05) is 11.1 Å². The van der Waals surface area contributed by atoms with Crippen LogP contribution in [0.4, 0.5) is 24.8 Å². The molecule has 7 nitrogen and oxygen atoms in total. The molecule has 3 aromatic rings. The number of hydrogen-bond donors (Lipinski definition) is 3. The predicted octanol–water partition coefficient (Wildman–Crippen LogP) is 3.05. The van der Waals surface area contributed by atoms with Gasteiger partial charge in [-0.25, -0.2) is 9.97 Å². The van der Waals surface area contributed by atoms with Crippen molar-refractivity contribution in [2.45, 2.75) is 19.5 Å². The Kier molecular flexibility index (Phi) is 3.79. The topological polar surface area (TPSA) is 110 Å². The molecule has 0 spiro atoms. The van der Waals surface area contributed by atoms with Crippen molar-refractivity contribution in [3.05, 3.63) is 30.2 Å². The zero-order chi connectivity index (χ0) is 19.3. The number of pyridine rings is 2. The zero-order valence-corrected chi connectivity index (χ0v) is 14.1. The third-order valence-corrected chi connectivity index (χ3v) is 4.65. The first-order valence-corrected chi connectivity index (χ1v) is 8.18. The molecule has 1 amide bonds. The van der Waals surface area contributed by atoms with Crippen LogP contribution in [0.5, 0.6) is 0 Å². The van der Waals surface area contributed by atoms with E-state index in [1.54, 1.807) is 18.3 Å². The summed E-state index contributed by atoms with van der Waals surface area (Å²) in [6.45, 7) is 1.84. The number of alkyl halides is 3. The van der Waals surface area contributed by atoms with Crippen molar-refractivity contribution in [3.63, 3.8) is 0 Å². The van der Waals surface area contributed by atoms with Gasteiger partial charge in [-0.2, -0.15) is 18.3 Å². The molecule has 10 heteroatoms. The lowest BCUT2D eigenvalue weighted by molar-refractivity contribution is -0.153. The van der Waals surface area contributed by atoms with Crippen molar-refractivity contribution in [3.8, 4) is 11.3 Å². The highest BCUT2D eigenvalue weighted by Crippen LogP contribution is 2.50. The van der Waals surface area contributed by atoms with Crippen LogP contribution < -0.4 is 11.1 Å². The van der Waals surface area contributed by atoms with Gasteiger partial charge >= 0.3 is 6.18 Å². The third-order valence-electron chi connectivity index (χ3n) is 4.65. The molecule has 2 atom stereocenters. The average molecular weight is 376 g/mol. The number of aromatic nitrogens is 4. The van der Waals surface area contributed by atoms with Crippen molar-refractivity contribution < 1.29 is 18.0 Å². The van der Waals surface area contributed by atoms with Crippen LogP contribution >= 0.6 is 0 Å². The fraction of sp³-hybridized carbons (Fsp3) is 0.294. The van der Waals surface area contributed by atoms with Crippen molar-refractivity contribution in [2.24, 2.45) is 11.8 Å². The second kappa shape index (κ2) is 5.93. The lowest BCUT2D eigenvalue weighted by Crippen LogP contribution is -2.20. The van der Waals surface area contributed by atoms with Gasteiger partial charge < -0.3 is 11.1 Å². The first-order valence-electron chi connectivity index (χ1n) is 8.18. The number of aromatic amines is 1. The first-order chi connectivity index (χ1) is 12.7. The Bertz CT molecular complexity index is 1040. The number of nitrogen functional groups attached to an aromatic ring is 1. The molecule has 0 bridgehead atoms. The molecule has 27 heavy (non-hydrogen) atoms. The lowest BCUT2D eigenvalue weighted by Gasteiger charge is -2.09. The number of nitrogens with zero attached hydrogens (tertiary/aromatic N) is 3. The second-order valence-corrected chi connectivity index (χ2v) is 6.57. The molecule has 140 valence electrons. The van der Waals surface area contributed by atoms with Crippen molar-refractivity contribution in [1.82, 2.24) is 20.2 Å². The summed E-state index contributed by atoms with van der Waals surface area (Å²) in [5.41, 5.74) is 8.18. The van der Waals surface area contributed by atoms with E-state index < -0.39 is 23.9 Å². The largest absolute Gasteiger partial charge is 0.392 e. The highest BCUT2D eigenvalue weighted by Gasteiger charge is 2.58. The maximum Gasteiger partial charge on any atom is 0.392 e. The van der Waals surface area contributed by atoms with Gasteiger partial charge in [0.15, 0.2) is 0 Å². The summed E-state index contributed by atoms with van der Waals surface area (Å²) in [6, 6.07) is 3.33. The van der Waals surface area contributed by atoms with E-state index in [-0.39, 0.29) is 18.1 Å². The molecule has 0 unspecified atom stereocenters. The minimum Gasteiger partial charge on any atom is -0.383 e. The number of carbonyl (C=O) groups excluding carboxylic acids is 1. The van der Waals surface area contributed by atoms with Gasteiger partial charge in [-0.15, -0.1) is 0 Å². The van der Waals surface area contributed by atoms with Gasteiger partial charge in [0, 0.05) is 22.8 Å². The standard InChI is InChI=1S/C17H15F3N6O/c1-7-10(6-23-26-7)13-2-8-3-14(22-5-11(8)15(21)24-13)25-16(27)9-4-12(9)17(18,19)20/h2-3,5-6,9,12H,4H2,1H3,(H2,21,24)(H,23,26)(H,22,25,27)/t9-,12-/m1/s1. The summed E-state index contributed by atoms with van der Waals surface area (Å²) < 4.78 is 37.9. The number of halogens is 3. The van der Waals surface area contributed by atoms with E-state index >= 15 is 0 Å². The molecule has 3 heterocycles. The van der Waals surface area contributed by atoms with Gasteiger partial charge in [0.1, 0.15) is 11.6 Å². The van der Waals surface area contributed by atoms with Gasteiger partial charge in [-0.05, 0) is 30.9 Å². The van der Waals surface area contributed by atoms with E-state index in [0.717, 1.165) is 11.3 Å². The van der Waals surface area contributed by atoms with Gasteiger partial charge in [-0.3, -0.25) is 9.89 Å². The Labute approximate surface area is 151 Å². The molecular formula is C17H15F3N6O. The maximum absolute atomic E-state index is 12.6. The molecule has 0 aliphatic heterocycles. The highest BCUT2D eigenvalue weighted by molar-refractivity contribution is 5.98. The van der Waals surface area contributed by atoms with Crippen LogP contribution in [0.3, 0.4) is 0 Å². The molecule has 0 aromatic carbocycles. The number of rotatable bonds is 3. The maximum atomic E-state index is 12.6. The van der Waals surface area contributed by atoms with Crippen LogP contribution in [0.25, 0.3) is 22.0 Å². The van der Waals surface area contributed by atoms with Crippen LogP contribution in [-0.4, -0.2) is 32.2 Å². The highest BCUT2D eigenvalue weighted by atomic mass is 19.4. The Morgan fingerprint density at radius 1 is 1.33 bits per heavy atom. The second-order valence-electron chi connectivity index (χ2n) is 6.57. The Morgan fingerprint density at radius 2 is 2.11 bits per heavy atom. The average Bonchev–Trinajstić information content (AvgIpc) is 3.30. The van der Waals surface area contributed by atoms with Crippen LogP contribution in [0, 0.1) is 18.8 Å². The number of hydrogen-bond acceptors (Lipinski definition) is 5. The van der Waals surface area contributed by atoms with Crippen LogP contribution in [0.1, 0.15) is 12.1 Å². The van der Waals surface area contributed by atoms with Crippen LogP contribution in [0.15, 0.2) is 24.5 Å². The molecule has 1 saturated carbocycles. The summed E-state index contributed by atoms with van der Waals surface area (Å²) >= 11 is 0. The number of fused-ring (bicyclic) bond motifs is 1. The van der Waals surface area contributed by atoms with E-state index in [2.05, 4.69) is 25.5 Å². The van der Waals surface area contributed by atoms with Crippen molar-refractivity contribution in [1.29, 1.82) is 0 Å². The van der Waals surface area contributed by atoms with E-state index in [1.807, 2.05) is 6.92 Å². The number of aryl methyl sites for hydroxylation is 1. The fourth-order valence-electron chi connectivity index (χ4n) is 3.05. The monoisotopic (exact) mass is 376 g/mol. The smallest absolute Gasteiger partial charge is 0.383 e. The van der Waals surface area contributed by atoms with E-state index in [0.29, 0.717) is 16.5 Å². The normalized spacial score (nSPS) is 19.3.